The number of carbonyl (C=O) groups excluding carboxylic acids is 2. The van der Waals surface area contributed by atoms with Gasteiger partial charge in [-0.25, -0.2) is 8.42 Å². The van der Waals surface area contributed by atoms with Crippen LogP contribution < -0.4 is 10.6 Å². The summed E-state index contributed by atoms with van der Waals surface area (Å²) in [5.74, 6) is -0.816. The maximum atomic E-state index is 13.5. The molecule has 266 valence electrons. The van der Waals surface area contributed by atoms with Crippen LogP contribution in [-0.4, -0.2) is 60.6 Å². The maximum absolute atomic E-state index is 13.5. The van der Waals surface area contributed by atoms with Crippen molar-refractivity contribution in [3.63, 3.8) is 0 Å². The van der Waals surface area contributed by atoms with Crippen LogP contribution in [-0.2, 0) is 25.7 Å². The standard InChI is InChI=1S/C41H46N4O5S/c1-9-24-45(26-27(2)38(42)46)39(47)30-16-14-28(15-17-30)29(18-22-36-40(3,4)32-12-10-11-13-34(32)43(36)7)19-23-37-41(5,6)33-25-31(51(48,49)50)20-21-35(33)44(37)8/h10-23,25-26H,9,24H2,1-8H3,(H2-,42,46,48,49,50)/b27-26+. The lowest BCUT2D eigenvalue weighted by atomic mass is 9.81. The number of fused-ring (bicyclic) bond motifs is 2. The molecule has 0 aliphatic carbocycles. The van der Waals surface area contributed by atoms with Gasteiger partial charge >= 0.3 is 0 Å². The molecule has 0 radical (unpaired) electrons. The Morgan fingerprint density at radius 1 is 0.961 bits per heavy atom. The summed E-state index contributed by atoms with van der Waals surface area (Å²) in [6, 6.07) is 20.3. The lowest BCUT2D eigenvalue weighted by Crippen LogP contribution is -2.28. The Kier molecular flexibility index (Phi) is 10.2. The fourth-order valence-electron chi connectivity index (χ4n) is 7.09. The first kappa shape index (κ1) is 37.2. The van der Waals surface area contributed by atoms with Gasteiger partial charge in [-0.3, -0.25) is 9.59 Å². The quantitative estimate of drug-likeness (QED) is 0.107. The molecule has 0 spiro atoms. The smallest absolute Gasteiger partial charge is 0.257 e. The molecule has 9 nitrogen and oxygen atoms in total. The monoisotopic (exact) mass is 706 g/mol. The number of anilines is 1. The Bertz CT molecular complexity index is 2170. The molecular formula is C41H46N4O5S. The summed E-state index contributed by atoms with van der Waals surface area (Å²) in [6.07, 6.45) is 10.5. The van der Waals surface area contributed by atoms with E-state index in [0.717, 1.165) is 39.5 Å². The summed E-state index contributed by atoms with van der Waals surface area (Å²) in [6.45, 7) is 12.4. The average Bonchev–Trinajstić information content (AvgIpc) is 3.40. The minimum atomic E-state index is -4.62. The van der Waals surface area contributed by atoms with Crippen molar-refractivity contribution < 1.29 is 27.1 Å². The van der Waals surface area contributed by atoms with Crippen LogP contribution >= 0.6 is 0 Å². The number of nitrogens with zero attached hydrogens (tertiary/aromatic N) is 3. The van der Waals surface area contributed by atoms with Crippen LogP contribution in [0.2, 0.25) is 0 Å². The predicted octanol–water partition coefficient (Wildman–Crippen LogP) is 6.79. The van der Waals surface area contributed by atoms with E-state index in [1.807, 2.05) is 63.1 Å². The molecular weight excluding hydrogens is 661 g/mol. The van der Waals surface area contributed by atoms with Crippen LogP contribution in [0.4, 0.5) is 11.4 Å². The molecule has 2 aliphatic rings. The number of nitrogens with two attached hydrogens (primary N) is 1. The first-order chi connectivity index (χ1) is 23.9. The number of allylic oxidation sites excluding steroid dienone is 6. The van der Waals surface area contributed by atoms with Crippen molar-refractivity contribution in [3.05, 3.63) is 131 Å². The first-order valence-corrected chi connectivity index (χ1v) is 18.4. The molecule has 2 amide bonds. The van der Waals surface area contributed by atoms with Gasteiger partial charge in [0.2, 0.25) is 11.6 Å². The number of hydrogen-bond acceptors (Lipinski definition) is 6. The fraction of sp³-hybridized carbons (Fsp3) is 0.293. The molecule has 2 heterocycles. The van der Waals surface area contributed by atoms with Gasteiger partial charge in [-0.1, -0.05) is 57.2 Å². The van der Waals surface area contributed by atoms with Gasteiger partial charge in [-0.2, -0.15) is 4.58 Å². The van der Waals surface area contributed by atoms with Gasteiger partial charge in [0.1, 0.15) is 17.2 Å². The molecule has 0 bridgehead atoms. The van der Waals surface area contributed by atoms with Crippen molar-refractivity contribution in [2.75, 3.05) is 25.5 Å². The summed E-state index contributed by atoms with van der Waals surface area (Å²) in [5.41, 5.74) is 13.1. The van der Waals surface area contributed by atoms with E-state index in [1.165, 1.54) is 28.8 Å². The highest BCUT2D eigenvalue weighted by Crippen LogP contribution is 2.48. The summed E-state index contributed by atoms with van der Waals surface area (Å²) in [4.78, 5) is 28.5. The number of rotatable bonds is 10. The normalized spacial score (nSPS) is 17.7. The number of likely N-dealkylation sites (N-methyl/N-ethyl adjacent to an activating group) is 1. The first-order valence-electron chi connectivity index (χ1n) is 16.9. The third kappa shape index (κ3) is 7.11. The molecule has 2 aliphatic heterocycles. The van der Waals surface area contributed by atoms with Gasteiger partial charge in [0.15, 0.2) is 5.71 Å². The molecule has 0 aromatic heterocycles. The Balaban J connectivity index is 1.59. The van der Waals surface area contributed by atoms with E-state index < -0.39 is 21.4 Å². The van der Waals surface area contributed by atoms with Crippen LogP contribution in [0, 0.1) is 0 Å². The number of primary amides is 1. The van der Waals surface area contributed by atoms with Crippen LogP contribution in [0.25, 0.3) is 5.57 Å². The highest BCUT2D eigenvalue weighted by molar-refractivity contribution is 7.85. The minimum absolute atomic E-state index is 0.235. The van der Waals surface area contributed by atoms with Crippen LogP contribution in [0.5, 0.6) is 0 Å². The highest BCUT2D eigenvalue weighted by Gasteiger charge is 2.42. The van der Waals surface area contributed by atoms with Gasteiger partial charge in [0.25, 0.3) is 5.91 Å². The second kappa shape index (κ2) is 13.9. The van der Waals surface area contributed by atoms with Crippen LogP contribution in [0.1, 0.15) is 75.0 Å². The Morgan fingerprint density at radius 3 is 2.22 bits per heavy atom. The van der Waals surface area contributed by atoms with Crippen LogP contribution in [0.3, 0.4) is 0 Å². The fourth-order valence-corrected chi connectivity index (χ4v) is 7.59. The second-order valence-electron chi connectivity index (χ2n) is 14.2. The molecule has 10 heteroatoms. The summed E-state index contributed by atoms with van der Waals surface area (Å²) >= 11 is 0. The second-order valence-corrected chi connectivity index (χ2v) is 15.5. The summed E-state index contributed by atoms with van der Waals surface area (Å²) < 4.78 is 37.8. The Morgan fingerprint density at radius 2 is 1.61 bits per heavy atom. The van der Waals surface area contributed by atoms with E-state index in [1.54, 1.807) is 25.1 Å². The molecule has 0 unspecified atom stereocenters. The van der Waals surface area contributed by atoms with E-state index >= 15 is 0 Å². The number of hydrogen-bond donors (Lipinski definition) is 1. The highest BCUT2D eigenvalue weighted by atomic mass is 32.2. The SMILES string of the molecule is CCCN(/C=C(\C)C(N)=O)C(=O)c1ccc(C(=C\C=C2\N(C)c3ccc(S(=O)(=O)[O-])cc3C2(C)C)/C=C/C2=[N+](C)c3ccccc3C2(C)C)cc1. The number of para-hydroxylation sites is 1. The van der Waals surface area contributed by atoms with Crippen molar-refractivity contribution in [1.29, 1.82) is 0 Å². The minimum Gasteiger partial charge on any atom is -0.744 e. The molecule has 0 saturated carbocycles. The molecule has 0 saturated heterocycles. The predicted molar refractivity (Wildman–Crippen MR) is 202 cm³/mol. The Hall–Kier alpha value is -5.06. The summed E-state index contributed by atoms with van der Waals surface area (Å²) in [7, 11) is -0.622. The van der Waals surface area contributed by atoms with Gasteiger partial charge in [-0.15, -0.1) is 0 Å². The van der Waals surface area contributed by atoms with Crippen molar-refractivity contribution in [3.8, 4) is 0 Å². The van der Waals surface area contributed by atoms with Crippen molar-refractivity contribution in [2.45, 2.75) is 63.7 Å². The lowest BCUT2D eigenvalue weighted by molar-refractivity contribution is -0.401. The van der Waals surface area contributed by atoms with Crippen molar-refractivity contribution >= 4 is 44.6 Å². The van der Waals surface area contributed by atoms with Gasteiger partial charge in [0, 0.05) is 65.4 Å². The zero-order chi connectivity index (χ0) is 37.5. The van der Waals surface area contributed by atoms with Crippen molar-refractivity contribution in [1.82, 2.24) is 4.90 Å². The number of carbonyl (C=O) groups is 2. The topological polar surface area (TPSA) is 127 Å². The zero-order valence-corrected chi connectivity index (χ0v) is 31.3. The van der Waals surface area contributed by atoms with Gasteiger partial charge in [0.05, 0.1) is 10.3 Å². The zero-order valence-electron chi connectivity index (χ0n) is 30.5. The van der Waals surface area contributed by atoms with Crippen LogP contribution in [0.15, 0.2) is 113 Å². The molecule has 3 aromatic rings. The Labute approximate surface area is 301 Å². The third-order valence-electron chi connectivity index (χ3n) is 10.0. The average molecular weight is 707 g/mol. The summed E-state index contributed by atoms with van der Waals surface area (Å²) in [5, 5.41) is 0. The number of amides is 2. The van der Waals surface area contributed by atoms with Gasteiger partial charge in [-0.05, 0) is 86.4 Å². The van der Waals surface area contributed by atoms with E-state index in [4.69, 9.17) is 5.73 Å². The van der Waals surface area contributed by atoms with E-state index in [0.29, 0.717) is 24.1 Å². The molecule has 3 aromatic carbocycles. The van der Waals surface area contributed by atoms with E-state index in [2.05, 4.69) is 55.8 Å². The molecule has 0 fully saturated rings. The molecule has 2 N–H and O–H groups in total. The number of benzene rings is 3. The largest absolute Gasteiger partial charge is 0.744 e. The molecule has 0 atom stereocenters. The van der Waals surface area contributed by atoms with Gasteiger partial charge < -0.3 is 20.1 Å². The van der Waals surface area contributed by atoms with E-state index in [9.17, 15) is 22.6 Å². The maximum Gasteiger partial charge on any atom is 0.257 e. The molecule has 51 heavy (non-hydrogen) atoms. The lowest BCUT2D eigenvalue weighted by Gasteiger charge is -2.24. The van der Waals surface area contributed by atoms with E-state index in [-0.39, 0.29) is 16.2 Å². The third-order valence-corrected chi connectivity index (χ3v) is 10.8. The van der Waals surface area contributed by atoms with Crippen molar-refractivity contribution in [2.24, 2.45) is 5.73 Å². The molecule has 5 rings (SSSR count).